The third-order valence-corrected chi connectivity index (χ3v) is 6.84. The second kappa shape index (κ2) is 12.6. The van der Waals surface area contributed by atoms with Gasteiger partial charge in [0.25, 0.3) is 0 Å². The summed E-state index contributed by atoms with van der Waals surface area (Å²) in [5.74, 6) is -0.302. The van der Waals surface area contributed by atoms with Crippen molar-refractivity contribution in [3.63, 3.8) is 0 Å². The second-order valence-corrected chi connectivity index (χ2v) is 9.25. The van der Waals surface area contributed by atoms with Crippen LogP contribution in [0.1, 0.15) is 87.9 Å². The van der Waals surface area contributed by atoms with E-state index >= 15 is 0 Å². The molecule has 5 heteroatoms. The van der Waals surface area contributed by atoms with E-state index in [9.17, 15) is 9.90 Å². The van der Waals surface area contributed by atoms with E-state index in [-0.39, 0.29) is 29.0 Å². The van der Waals surface area contributed by atoms with E-state index < -0.39 is 12.1 Å². The number of hydrogen-bond acceptors (Lipinski definition) is 2. The highest BCUT2D eigenvalue weighted by molar-refractivity contribution is 6.25. The molecule has 0 aromatic heterocycles. The molecule has 1 aliphatic rings. The highest BCUT2D eigenvalue weighted by Crippen LogP contribution is 2.47. The molecule has 0 amide bonds. The van der Waals surface area contributed by atoms with Crippen LogP contribution in [0.2, 0.25) is 0 Å². The van der Waals surface area contributed by atoms with Crippen molar-refractivity contribution in [3.05, 3.63) is 47.5 Å². The molecule has 162 valence electrons. The van der Waals surface area contributed by atoms with Crippen molar-refractivity contribution in [1.29, 1.82) is 0 Å². The van der Waals surface area contributed by atoms with Gasteiger partial charge in [0.1, 0.15) is 0 Å². The van der Waals surface area contributed by atoms with Crippen LogP contribution in [0.25, 0.3) is 0 Å². The van der Waals surface area contributed by atoms with Crippen molar-refractivity contribution >= 4 is 29.2 Å². The first kappa shape index (κ1) is 24.2. The van der Waals surface area contributed by atoms with Gasteiger partial charge in [0.05, 0.1) is 6.10 Å². The molecule has 0 bridgehead atoms. The fourth-order valence-electron chi connectivity index (χ4n) is 4.22. The summed E-state index contributed by atoms with van der Waals surface area (Å²) in [5.41, 5.74) is 2.15. The Kier molecular flexibility index (Phi) is 10.5. The number of alkyl halides is 2. The number of aliphatic carboxylic acids is 1. The number of carboxylic acids is 1. The first-order valence-corrected chi connectivity index (χ1v) is 11.7. The van der Waals surface area contributed by atoms with Gasteiger partial charge in [-0.2, -0.15) is 0 Å². The van der Waals surface area contributed by atoms with E-state index in [4.69, 9.17) is 28.3 Å². The van der Waals surface area contributed by atoms with Gasteiger partial charge < -0.3 is 10.2 Å². The van der Waals surface area contributed by atoms with E-state index in [0.717, 1.165) is 50.5 Å². The van der Waals surface area contributed by atoms with Crippen molar-refractivity contribution in [2.24, 2.45) is 5.92 Å². The molecule has 1 saturated carbocycles. The predicted octanol–water partition coefficient (Wildman–Crippen LogP) is 6.82. The van der Waals surface area contributed by atoms with E-state index in [1.165, 1.54) is 5.56 Å². The van der Waals surface area contributed by atoms with Crippen LogP contribution in [0.5, 0.6) is 0 Å². The summed E-state index contributed by atoms with van der Waals surface area (Å²) in [6.07, 6.45) is 11.2. The first-order valence-electron chi connectivity index (χ1n) is 10.9. The van der Waals surface area contributed by atoms with E-state index in [1.54, 1.807) is 0 Å². The zero-order chi connectivity index (χ0) is 21.2. The van der Waals surface area contributed by atoms with E-state index in [2.05, 4.69) is 31.2 Å². The van der Waals surface area contributed by atoms with Gasteiger partial charge in [-0.1, -0.05) is 62.6 Å². The van der Waals surface area contributed by atoms with Gasteiger partial charge >= 0.3 is 5.97 Å². The van der Waals surface area contributed by atoms with Crippen molar-refractivity contribution in [1.82, 2.24) is 0 Å². The van der Waals surface area contributed by atoms with Gasteiger partial charge in [-0.25, -0.2) is 0 Å². The summed E-state index contributed by atoms with van der Waals surface area (Å²) < 4.78 is 0. The molecule has 0 saturated heterocycles. The van der Waals surface area contributed by atoms with Gasteiger partial charge in [0.2, 0.25) is 0 Å². The number of carboxylic acid groups (broad SMARTS) is 1. The average molecular weight is 441 g/mol. The normalized spacial score (nSPS) is 25.5. The maximum atomic E-state index is 10.6. The van der Waals surface area contributed by atoms with Crippen LogP contribution in [0, 0.1) is 5.92 Å². The van der Waals surface area contributed by atoms with Gasteiger partial charge in [0, 0.05) is 23.1 Å². The molecule has 3 nitrogen and oxygen atoms in total. The van der Waals surface area contributed by atoms with Gasteiger partial charge in [-0.05, 0) is 49.1 Å². The average Bonchev–Trinajstić information content (AvgIpc) is 2.97. The van der Waals surface area contributed by atoms with Gasteiger partial charge in [-0.3, -0.25) is 4.79 Å². The quantitative estimate of drug-likeness (QED) is 0.213. The van der Waals surface area contributed by atoms with Crippen LogP contribution in [0.3, 0.4) is 0 Å². The number of rotatable bonds is 12. The molecule has 0 aliphatic heterocycles. The molecule has 5 atom stereocenters. The van der Waals surface area contributed by atoms with Crippen LogP contribution in [0.4, 0.5) is 0 Å². The number of carbonyl (C=O) groups is 1. The molecular weight excluding hydrogens is 407 g/mol. The Hall–Kier alpha value is -1.03. The Bertz CT molecular complexity index is 644. The number of allylic oxidation sites excluding steroid dienone is 2. The first-order chi connectivity index (χ1) is 13.9. The minimum Gasteiger partial charge on any atom is -0.481 e. The maximum Gasteiger partial charge on any atom is 0.303 e. The minimum absolute atomic E-state index is 0.00300. The molecule has 1 aromatic carbocycles. The number of hydrogen-bond donors (Lipinski definition) is 2. The van der Waals surface area contributed by atoms with Crippen molar-refractivity contribution in [3.8, 4) is 0 Å². The summed E-state index contributed by atoms with van der Waals surface area (Å²) in [6, 6.07) is 8.24. The highest BCUT2D eigenvalue weighted by Gasteiger charge is 2.41. The summed E-state index contributed by atoms with van der Waals surface area (Å²) in [5, 5.41) is 19.1. The SMILES string of the molecule is CCCCCC(O)c1ccc([C@@H]2[C@@H](C/C=C\CCCC(=O)O)[C@@H](Cl)C[C@@H]2Cl)cc1. The molecule has 0 spiro atoms. The lowest BCUT2D eigenvalue weighted by atomic mass is 9.85. The number of halogens is 2. The highest BCUT2D eigenvalue weighted by atomic mass is 35.5. The topological polar surface area (TPSA) is 57.5 Å². The lowest BCUT2D eigenvalue weighted by Gasteiger charge is -2.23. The van der Waals surface area contributed by atoms with Crippen molar-refractivity contribution in [2.45, 2.75) is 87.5 Å². The molecule has 2 rings (SSSR count). The Morgan fingerprint density at radius 3 is 2.52 bits per heavy atom. The molecule has 29 heavy (non-hydrogen) atoms. The molecule has 1 aromatic rings. The largest absolute Gasteiger partial charge is 0.481 e. The Labute approximate surface area is 185 Å². The van der Waals surface area contributed by atoms with Crippen LogP contribution >= 0.6 is 23.2 Å². The predicted molar refractivity (Wildman–Crippen MR) is 121 cm³/mol. The van der Waals surface area contributed by atoms with Crippen LogP contribution in [-0.4, -0.2) is 26.9 Å². The number of aliphatic hydroxyl groups excluding tert-OH is 1. The standard InChI is InChI=1S/C24H34Cl2O3/c1-2-3-6-10-22(27)17-12-14-18(15-13-17)24-19(20(25)16-21(24)26)9-7-4-5-8-11-23(28)29/h4,7,12-15,19-22,24,27H,2-3,5-6,8-11,16H2,1H3,(H,28,29)/b7-4-/t19-,20-,21-,22?,24+/m0/s1. The molecule has 2 N–H and O–H groups in total. The second-order valence-electron chi connectivity index (χ2n) is 8.13. The number of benzene rings is 1. The maximum absolute atomic E-state index is 10.6. The Morgan fingerprint density at radius 1 is 1.14 bits per heavy atom. The van der Waals surface area contributed by atoms with E-state index in [0.29, 0.717) is 6.42 Å². The lowest BCUT2D eigenvalue weighted by Crippen LogP contribution is -2.16. The van der Waals surface area contributed by atoms with Crippen LogP contribution in [-0.2, 0) is 4.79 Å². The smallest absolute Gasteiger partial charge is 0.303 e. The summed E-state index contributed by atoms with van der Waals surface area (Å²) in [7, 11) is 0. The van der Waals surface area contributed by atoms with Crippen molar-refractivity contribution in [2.75, 3.05) is 0 Å². The lowest BCUT2D eigenvalue weighted by molar-refractivity contribution is -0.137. The van der Waals surface area contributed by atoms with Gasteiger partial charge in [-0.15, -0.1) is 23.2 Å². The third kappa shape index (κ3) is 7.62. The monoisotopic (exact) mass is 440 g/mol. The molecule has 0 radical (unpaired) electrons. The van der Waals surface area contributed by atoms with E-state index in [1.807, 2.05) is 12.1 Å². The van der Waals surface area contributed by atoms with Crippen molar-refractivity contribution < 1.29 is 15.0 Å². The fourth-order valence-corrected chi connectivity index (χ4v) is 5.28. The minimum atomic E-state index is -0.751. The molecule has 1 unspecified atom stereocenters. The molecule has 1 fully saturated rings. The number of aliphatic hydroxyl groups is 1. The van der Waals surface area contributed by atoms with Gasteiger partial charge in [0.15, 0.2) is 0 Å². The molecule has 1 aliphatic carbocycles. The number of unbranched alkanes of at least 4 members (excludes halogenated alkanes) is 3. The summed E-state index contributed by atoms with van der Waals surface area (Å²) in [6.45, 7) is 2.16. The Morgan fingerprint density at radius 2 is 1.86 bits per heavy atom. The van der Waals surface area contributed by atoms with Crippen LogP contribution in [0.15, 0.2) is 36.4 Å². The summed E-state index contributed by atoms with van der Waals surface area (Å²) >= 11 is 13.3. The zero-order valence-electron chi connectivity index (χ0n) is 17.3. The van der Waals surface area contributed by atoms with Crippen LogP contribution < -0.4 is 0 Å². The zero-order valence-corrected chi connectivity index (χ0v) is 18.8. The summed E-state index contributed by atoms with van der Waals surface area (Å²) in [4.78, 5) is 10.6. The third-order valence-electron chi connectivity index (χ3n) is 5.89. The molecular formula is C24H34Cl2O3. The molecule has 0 heterocycles. The fraction of sp³-hybridized carbons (Fsp3) is 0.625. The Balaban J connectivity index is 1.96.